The van der Waals surface area contributed by atoms with Gasteiger partial charge < -0.3 is 25.6 Å². The van der Waals surface area contributed by atoms with Gasteiger partial charge in [-0.1, -0.05) is 86.4 Å². The zero-order valence-corrected chi connectivity index (χ0v) is 34.4. The van der Waals surface area contributed by atoms with Crippen LogP contribution in [-0.2, 0) is 36.8 Å². The number of amides is 6. The van der Waals surface area contributed by atoms with Gasteiger partial charge in [-0.25, -0.2) is 14.0 Å². The van der Waals surface area contributed by atoms with Crippen molar-refractivity contribution in [2.75, 3.05) is 6.54 Å². The third-order valence-corrected chi connectivity index (χ3v) is 15.2. The van der Waals surface area contributed by atoms with E-state index in [-0.39, 0.29) is 38.5 Å². The smallest absolute Gasteiger partial charge is 0.410 e. The molecule has 6 amide bonds. The second-order valence-electron chi connectivity index (χ2n) is 16.7. The van der Waals surface area contributed by atoms with Crippen molar-refractivity contribution < 1.29 is 37.7 Å². The van der Waals surface area contributed by atoms with Gasteiger partial charge in [0.25, 0.3) is 5.91 Å². The number of fused-ring (bicyclic) bond motifs is 3. The molecule has 3 fully saturated rings. The summed E-state index contributed by atoms with van der Waals surface area (Å²) in [6, 6.07) is 19.5. The first-order valence-electron chi connectivity index (χ1n) is 21.2. The number of nitrogens with one attached hydrogen (secondary N) is 4. The molecule has 5 atom stereocenters. The van der Waals surface area contributed by atoms with E-state index < -0.39 is 72.6 Å². The third-order valence-electron chi connectivity index (χ3n) is 12.6. The van der Waals surface area contributed by atoms with E-state index in [4.69, 9.17) is 4.74 Å². The van der Waals surface area contributed by atoms with E-state index in [2.05, 4.69) is 21.0 Å². The maximum absolute atomic E-state index is 15.0. The molecule has 15 heteroatoms. The molecule has 4 N–H and O–H groups in total. The highest BCUT2D eigenvalue weighted by Crippen LogP contribution is 2.49. The van der Waals surface area contributed by atoms with E-state index in [0.717, 1.165) is 38.5 Å². The number of benzene rings is 3. The van der Waals surface area contributed by atoms with Crippen molar-refractivity contribution in [3.63, 3.8) is 0 Å². The number of urea groups is 1. The summed E-state index contributed by atoms with van der Waals surface area (Å²) in [5.74, 6) is -2.59. The van der Waals surface area contributed by atoms with E-state index in [9.17, 15) is 32.9 Å². The number of carbonyl (C=O) groups is 5. The molecule has 1 unspecified atom stereocenters. The molecule has 0 bridgehead atoms. The second kappa shape index (κ2) is 17.6. The van der Waals surface area contributed by atoms with E-state index in [0.29, 0.717) is 41.0 Å². The summed E-state index contributed by atoms with van der Waals surface area (Å²) in [4.78, 5) is 73.6. The first kappa shape index (κ1) is 41.3. The summed E-state index contributed by atoms with van der Waals surface area (Å²) in [6.07, 6.45) is 9.43. The van der Waals surface area contributed by atoms with Crippen molar-refractivity contribution in [1.29, 1.82) is 0 Å². The van der Waals surface area contributed by atoms with E-state index in [1.165, 1.54) is 15.9 Å². The Kier molecular flexibility index (Phi) is 12.1. The summed E-state index contributed by atoms with van der Waals surface area (Å²) in [5.41, 5.74) is -0.402. The van der Waals surface area contributed by atoms with Gasteiger partial charge in [0.05, 0.1) is 13.1 Å². The molecule has 3 aromatic rings. The Morgan fingerprint density at radius 3 is 2.23 bits per heavy atom. The van der Waals surface area contributed by atoms with Gasteiger partial charge in [0.1, 0.15) is 29.5 Å². The van der Waals surface area contributed by atoms with Crippen molar-refractivity contribution in [2.45, 2.75) is 113 Å². The topological polar surface area (TPSA) is 166 Å². The minimum atomic E-state index is -3.76. The monoisotopic (exact) mass is 838 g/mol. The van der Waals surface area contributed by atoms with Crippen LogP contribution in [0.5, 0.6) is 0 Å². The molecule has 0 radical (unpaired) electrons. The van der Waals surface area contributed by atoms with E-state index in [1.807, 2.05) is 12.2 Å². The predicted octanol–water partition coefficient (Wildman–Crippen LogP) is 5.30. The molecule has 3 heterocycles. The quantitative estimate of drug-likeness (QED) is 0.185. The highest BCUT2D eigenvalue weighted by molar-refractivity contribution is 7.77. The van der Waals surface area contributed by atoms with Crippen LogP contribution >= 0.6 is 7.29 Å². The van der Waals surface area contributed by atoms with Crippen LogP contribution in [0.1, 0.15) is 81.8 Å². The van der Waals surface area contributed by atoms with Crippen LogP contribution in [-0.4, -0.2) is 76.0 Å². The van der Waals surface area contributed by atoms with Gasteiger partial charge in [-0.3, -0.25) is 28.9 Å². The maximum Gasteiger partial charge on any atom is 0.410 e. The molecule has 1 saturated heterocycles. The molecule has 8 rings (SSSR count). The van der Waals surface area contributed by atoms with Gasteiger partial charge in [0, 0.05) is 41.1 Å². The molecular formula is C45H52FN6O7P. The zero-order chi connectivity index (χ0) is 41.9. The summed E-state index contributed by atoms with van der Waals surface area (Å²) in [7, 11) is -3.76. The average molecular weight is 839 g/mol. The summed E-state index contributed by atoms with van der Waals surface area (Å²) in [5, 5.41) is 12.6. The lowest BCUT2D eigenvalue weighted by Gasteiger charge is -2.30. The van der Waals surface area contributed by atoms with Gasteiger partial charge in [-0.15, -0.1) is 0 Å². The van der Waals surface area contributed by atoms with Crippen LogP contribution in [0.4, 0.5) is 14.0 Å². The molecule has 13 nitrogen and oxygen atoms in total. The average Bonchev–Trinajstić information content (AvgIpc) is 3.67. The first-order valence-corrected chi connectivity index (χ1v) is 22.9. The number of hydrogen-bond acceptors (Lipinski definition) is 7. The molecular weight excluding hydrogens is 787 g/mol. The lowest BCUT2D eigenvalue weighted by molar-refractivity contribution is -0.141. The standard InChI is InChI=1S/C45H52FN6O7P/c46-37-23-14-15-30-27-51(29-36(30)37)44(57)59-33-25-39-40(53)49-45(42(55)50-60(58,34-19-7-4-8-20-34)35-21-9-5-10-22-35)26-31(45)16-6-2-1-3-11-24-38(41(54)52(39)28-33)48-43(56)47-32-17-12-13-18-32/h4-10,14-16,19-23,31-33,38-39H,1-3,11-13,17-18,24-29H2,(H,49,53)(H2,47,48,56)(H,50,55,58)/b16-6-/t31?,33-,38+,39+,45-/m1/s1. The number of hydrogen-bond donors (Lipinski definition) is 4. The molecule has 0 spiro atoms. The molecule has 2 saturated carbocycles. The Morgan fingerprint density at radius 2 is 1.53 bits per heavy atom. The summed E-state index contributed by atoms with van der Waals surface area (Å²) >= 11 is 0. The number of rotatable bonds is 7. The second-order valence-corrected chi connectivity index (χ2v) is 19.2. The lowest BCUT2D eigenvalue weighted by Crippen LogP contribution is -2.58. The van der Waals surface area contributed by atoms with E-state index >= 15 is 0 Å². The van der Waals surface area contributed by atoms with Crippen LogP contribution in [0, 0.1) is 11.7 Å². The van der Waals surface area contributed by atoms with E-state index in [1.54, 1.807) is 72.8 Å². The van der Waals surface area contributed by atoms with Crippen molar-refractivity contribution >= 4 is 47.7 Å². The van der Waals surface area contributed by atoms with Gasteiger partial charge in [0.15, 0.2) is 0 Å². The SMILES string of the molecule is O=C(NC1CCCC1)N[C@H]1CCCCC/C=C\C2C[C@@]2(C(=O)NP(=O)(c2ccccc2)c2ccccc2)NC(=O)[C@@H]2C[C@@H](OC(=O)N3Cc4cccc(F)c4C3)CN2C1=O. The van der Waals surface area contributed by atoms with Crippen molar-refractivity contribution in [3.05, 3.63) is 108 Å². The predicted molar refractivity (Wildman–Crippen MR) is 223 cm³/mol. The highest BCUT2D eigenvalue weighted by Gasteiger charge is 2.62. The Hall–Kier alpha value is -5.49. The Balaban J connectivity index is 1.07. The normalized spacial score (nSPS) is 26.4. The summed E-state index contributed by atoms with van der Waals surface area (Å²) in [6.45, 7) is 0.0280. The lowest BCUT2D eigenvalue weighted by atomic mass is 10.0. The molecule has 60 heavy (non-hydrogen) atoms. The number of nitrogens with zero attached hydrogens (tertiary/aromatic N) is 2. The minimum absolute atomic E-state index is 0.0152. The number of halogens is 1. The fourth-order valence-electron chi connectivity index (χ4n) is 9.14. The molecule has 5 aliphatic rings. The fourth-order valence-corrected chi connectivity index (χ4v) is 11.4. The molecule has 2 aliphatic carbocycles. The first-order chi connectivity index (χ1) is 29.0. The van der Waals surface area contributed by atoms with Crippen molar-refractivity contribution in [1.82, 2.24) is 30.8 Å². The Morgan fingerprint density at radius 1 is 0.833 bits per heavy atom. The summed E-state index contributed by atoms with van der Waals surface area (Å²) < 4.78 is 35.5. The molecule has 316 valence electrons. The van der Waals surface area contributed by atoms with Gasteiger partial charge in [0.2, 0.25) is 19.1 Å². The minimum Gasteiger partial charge on any atom is -0.444 e. The maximum atomic E-state index is 15.0. The van der Waals surface area contributed by atoms with Crippen LogP contribution in [0.2, 0.25) is 0 Å². The molecule has 0 aromatic heterocycles. The van der Waals surface area contributed by atoms with Crippen LogP contribution in [0.25, 0.3) is 0 Å². The molecule has 3 aromatic carbocycles. The third kappa shape index (κ3) is 8.71. The van der Waals surface area contributed by atoms with Gasteiger partial charge in [-0.05, 0) is 74.4 Å². The van der Waals surface area contributed by atoms with Crippen LogP contribution < -0.4 is 31.6 Å². The number of carbonyl (C=O) groups excluding carboxylic acids is 5. The van der Waals surface area contributed by atoms with Gasteiger partial charge >= 0.3 is 12.1 Å². The zero-order valence-electron chi connectivity index (χ0n) is 33.5. The number of allylic oxidation sites excluding steroid dienone is 1. The Bertz CT molecular complexity index is 2140. The number of ether oxygens (including phenoxy) is 1. The molecule has 3 aliphatic heterocycles. The largest absolute Gasteiger partial charge is 0.444 e. The van der Waals surface area contributed by atoms with Crippen LogP contribution in [0.3, 0.4) is 0 Å². The fraction of sp³-hybridized carbons (Fsp3) is 0.444. The Labute approximate surface area is 349 Å². The van der Waals surface area contributed by atoms with Gasteiger partial charge in [-0.2, -0.15) is 0 Å². The van der Waals surface area contributed by atoms with Crippen LogP contribution in [0.15, 0.2) is 91.0 Å². The van der Waals surface area contributed by atoms with Crippen molar-refractivity contribution in [2.24, 2.45) is 5.92 Å². The van der Waals surface area contributed by atoms with Crippen molar-refractivity contribution in [3.8, 4) is 0 Å². The highest BCUT2D eigenvalue weighted by atomic mass is 31.2.